The lowest BCUT2D eigenvalue weighted by molar-refractivity contribution is -0.145. The van der Waals surface area contributed by atoms with Gasteiger partial charge in [-0.1, -0.05) is 67.6 Å². The summed E-state index contributed by atoms with van der Waals surface area (Å²) in [4.78, 5) is 25.1. The highest BCUT2D eigenvalue weighted by atomic mass is 16.6. The van der Waals surface area contributed by atoms with Gasteiger partial charge in [-0.05, 0) is 48.7 Å². The average molecular weight is 418 g/mol. The summed E-state index contributed by atoms with van der Waals surface area (Å²) in [5.74, 6) is 0.00449. The molecule has 0 saturated heterocycles. The van der Waals surface area contributed by atoms with Gasteiger partial charge in [0.2, 0.25) is 5.91 Å². The number of hydrogen-bond acceptors (Lipinski definition) is 4. The number of carbonyl (C=O) groups excluding carboxylic acids is 2. The fourth-order valence-electron chi connectivity index (χ4n) is 3.66. The van der Waals surface area contributed by atoms with E-state index in [4.69, 9.17) is 9.47 Å². The highest BCUT2D eigenvalue weighted by Gasteiger charge is 2.40. The van der Waals surface area contributed by atoms with Crippen molar-refractivity contribution in [3.05, 3.63) is 96.1 Å². The normalized spacial score (nSPS) is 10.9. The van der Waals surface area contributed by atoms with Crippen molar-refractivity contribution in [2.45, 2.75) is 25.7 Å². The number of amides is 1. The van der Waals surface area contributed by atoms with E-state index in [0.29, 0.717) is 24.5 Å². The number of ether oxygens (including phenoxy) is 2. The van der Waals surface area contributed by atoms with E-state index in [-0.39, 0.29) is 12.5 Å². The van der Waals surface area contributed by atoms with Crippen LogP contribution in [-0.2, 0) is 19.7 Å². The van der Waals surface area contributed by atoms with E-state index in [1.165, 1.54) is 0 Å². The second kappa shape index (κ2) is 10.4. The van der Waals surface area contributed by atoms with Gasteiger partial charge in [-0.25, -0.2) is 4.79 Å². The fourth-order valence-corrected chi connectivity index (χ4v) is 3.66. The number of hydrogen-bond donors (Lipinski definition) is 1. The van der Waals surface area contributed by atoms with Gasteiger partial charge in [0.05, 0.1) is 12.0 Å². The Kier molecular flexibility index (Phi) is 7.44. The molecule has 0 radical (unpaired) electrons. The zero-order valence-corrected chi connectivity index (χ0v) is 17.8. The molecule has 31 heavy (non-hydrogen) atoms. The van der Waals surface area contributed by atoms with Crippen LogP contribution >= 0.6 is 0 Å². The molecule has 0 aliphatic heterocycles. The lowest BCUT2D eigenvalue weighted by Crippen LogP contribution is -2.41. The zero-order valence-electron chi connectivity index (χ0n) is 17.8. The first-order valence-electron chi connectivity index (χ1n) is 10.4. The minimum Gasteiger partial charge on any atom is -0.482 e. The first-order valence-corrected chi connectivity index (χ1v) is 10.4. The Morgan fingerprint density at radius 1 is 0.806 bits per heavy atom. The van der Waals surface area contributed by atoms with Gasteiger partial charge in [-0.3, -0.25) is 4.79 Å². The first-order chi connectivity index (χ1) is 15.1. The molecule has 0 aliphatic rings. The molecule has 1 N–H and O–H groups in total. The molecule has 0 saturated carbocycles. The van der Waals surface area contributed by atoms with Crippen LogP contribution in [-0.4, -0.2) is 25.1 Å². The third-order valence-corrected chi connectivity index (χ3v) is 5.23. The van der Waals surface area contributed by atoms with Crippen LogP contribution in [0.4, 0.5) is 5.69 Å². The van der Waals surface area contributed by atoms with Gasteiger partial charge in [-0.15, -0.1) is 0 Å². The molecule has 0 aliphatic carbocycles. The van der Waals surface area contributed by atoms with Gasteiger partial charge in [0.25, 0.3) is 0 Å². The summed E-state index contributed by atoms with van der Waals surface area (Å²) >= 11 is 0. The van der Waals surface area contributed by atoms with Gasteiger partial charge in [0.15, 0.2) is 6.61 Å². The van der Waals surface area contributed by atoms with Gasteiger partial charge in [0.1, 0.15) is 5.75 Å². The predicted octanol–water partition coefficient (Wildman–Crippen LogP) is 4.96. The van der Waals surface area contributed by atoms with E-state index in [1.807, 2.05) is 67.6 Å². The van der Waals surface area contributed by atoms with Crippen LogP contribution in [0.15, 0.2) is 84.9 Å². The van der Waals surface area contributed by atoms with Crippen LogP contribution in [0, 0.1) is 0 Å². The Balaban J connectivity index is 1.82. The molecule has 0 spiro atoms. The van der Waals surface area contributed by atoms with Crippen molar-refractivity contribution in [1.29, 1.82) is 0 Å². The van der Waals surface area contributed by atoms with E-state index in [2.05, 4.69) is 5.32 Å². The van der Waals surface area contributed by atoms with E-state index >= 15 is 0 Å². The lowest BCUT2D eigenvalue weighted by Gasteiger charge is -2.32. The third-order valence-electron chi connectivity index (χ3n) is 5.23. The average Bonchev–Trinajstić information content (AvgIpc) is 2.81. The Morgan fingerprint density at radius 2 is 1.35 bits per heavy atom. The smallest absolute Gasteiger partial charge is 0.344 e. The molecular formula is C26H27NO4. The molecule has 3 aromatic carbocycles. The largest absolute Gasteiger partial charge is 0.482 e. The molecular weight excluding hydrogens is 390 g/mol. The quantitative estimate of drug-likeness (QED) is 0.500. The van der Waals surface area contributed by atoms with Crippen LogP contribution in [0.3, 0.4) is 0 Å². The minimum atomic E-state index is -0.818. The van der Waals surface area contributed by atoms with E-state index in [9.17, 15) is 9.59 Å². The standard InChI is InChI=1S/C26H27NO4/c1-3-26(20-11-7-5-8-12-20,21-13-9-6-10-14-21)25(29)27-22-15-17-23(18-16-22)31-19-24(28)30-4-2/h5-18H,3-4,19H2,1-2H3,(H,27,29). The second-order valence-corrected chi connectivity index (χ2v) is 7.06. The highest BCUT2D eigenvalue weighted by Crippen LogP contribution is 2.37. The predicted molar refractivity (Wildman–Crippen MR) is 121 cm³/mol. The molecule has 1 amide bonds. The summed E-state index contributed by atoms with van der Waals surface area (Å²) in [5, 5.41) is 3.06. The Morgan fingerprint density at radius 3 is 1.84 bits per heavy atom. The lowest BCUT2D eigenvalue weighted by atomic mass is 9.71. The maximum Gasteiger partial charge on any atom is 0.344 e. The van der Waals surface area contributed by atoms with Crippen LogP contribution in [0.25, 0.3) is 0 Å². The van der Waals surface area contributed by atoms with Crippen molar-refractivity contribution in [1.82, 2.24) is 0 Å². The third kappa shape index (κ3) is 5.12. The summed E-state index contributed by atoms with van der Waals surface area (Å²) in [6.45, 7) is 3.93. The maximum atomic E-state index is 13.6. The van der Waals surface area contributed by atoms with E-state index in [0.717, 1.165) is 11.1 Å². The number of anilines is 1. The molecule has 0 atom stereocenters. The van der Waals surface area contributed by atoms with Crippen LogP contribution in [0.1, 0.15) is 31.4 Å². The molecule has 0 fully saturated rings. The summed E-state index contributed by atoms with van der Waals surface area (Å²) in [6.07, 6.45) is 0.605. The van der Waals surface area contributed by atoms with E-state index in [1.54, 1.807) is 31.2 Å². The summed E-state index contributed by atoms with van der Waals surface area (Å²) < 4.78 is 10.3. The first kappa shape index (κ1) is 22.1. The van der Waals surface area contributed by atoms with Crippen LogP contribution in [0.5, 0.6) is 5.75 Å². The van der Waals surface area contributed by atoms with Crippen LogP contribution < -0.4 is 10.1 Å². The fraction of sp³-hybridized carbons (Fsp3) is 0.231. The Bertz CT molecular complexity index is 945. The second-order valence-electron chi connectivity index (χ2n) is 7.06. The van der Waals surface area contributed by atoms with Gasteiger partial charge in [-0.2, -0.15) is 0 Å². The molecule has 5 nitrogen and oxygen atoms in total. The van der Waals surface area contributed by atoms with E-state index < -0.39 is 11.4 Å². The van der Waals surface area contributed by atoms with Crippen LogP contribution in [0.2, 0.25) is 0 Å². The minimum absolute atomic E-state index is 0.104. The molecule has 0 bridgehead atoms. The number of nitrogens with one attached hydrogen (secondary N) is 1. The molecule has 0 aromatic heterocycles. The summed E-state index contributed by atoms with van der Waals surface area (Å²) in [6, 6.07) is 26.6. The number of esters is 1. The number of rotatable bonds is 9. The molecule has 3 rings (SSSR count). The molecule has 5 heteroatoms. The number of benzene rings is 3. The van der Waals surface area contributed by atoms with Gasteiger partial charge < -0.3 is 14.8 Å². The van der Waals surface area contributed by atoms with Crippen molar-refractivity contribution >= 4 is 17.6 Å². The van der Waals surface area contributed by atoms with Crippen molar-refractivity contribution in [3.63, 3.8) is 0 Å². The molecule has 0 heterocycles. The highest BCUT2D eigenvalue weighted by molar-refractivity contribution is 6.01. The Hall–Kier alpha value is -3.60. The van der Waals surface area contributed by atoms with Gasteiger partial charge in [0, 0.05) is 5.69 Å². The van der Waals surface area contributed by atoms with Crippen molar-refractivity contribution in [3.8, 4) is 5.75 Å². The molecule has 160 valence electrons. The molecule has 0 unspecified atom stereocenters. The SMILES string of the molecule is CCOC(=O)COc1ccc(NC(=O)C(CC)(c2ccccc2)c2ccccc2)cc1. The maximum absolute atomic E-state index is 13.6. The topological polar surface area (TPSA) is 64.6 Å². The van der Waals surface area contributed by atoms with Crippen molar-refractivity contribution < 1.29 is 19.1 Å². The number of carbonyl (C=O) groups is 2. The van der Waals surface area contributed by atoms with Gasteiger partial charge >= 0.3 is 5.97 Å². The van der Waals surface area contributed by atoms with Crippen molar-refractivity contribution in [2.75, 3.05) is 18.5 Å². The summed E-state index contributed by atoms with van der Waals surface area (Å²) in [7, 11) is 0. The summed E-state index contributed by atoms with van der Waals surface area (Å²) in [5.41, 5.74) is 1.71. The zero-order chi connectivity index (χ0) is 22.1. The Labute approximate surface area is 183 Å². The molecule has 3 aromatic rings. The monoisotopic (exact) mass is 417 g/mol. The van der Waals surface area contributed by atoms with Crippen molar-refractivity contribution in [2.24, 2.45) is 0 Å².